The second-order valence-corrected chi connectivity index (χ2v) is 13.6. The lowest BCUT2D eigenvalue weighted by Gasteiger charge is -2.35. The van der Waals surface area contributed by atoms with Crippen LogP contribution in [0.1, 0.15) is 43.2 Å². The predicted molar refractivity (Wildman–Crippen MR) is 171 cm³/mol. The predicted octanol–water partition coefficient (Wildman–Crippen LogP) is 4.97. The maximum atomic E-state index is 14.3. The largest absolute Gasteiger partial charge is 0.486 e. The van der Waals surface area contributed by atoms with Gasteiger partial charge in [-0.15, -0.1) is 0 Å². The van der Waals surface area contributed by atoms with Gasteiger partial charge >= 0.3 is 0 Å². The number of hydrogen-bond acceptors (Lipinski definition) is 6. The van der Waals surface area contributed by atoms with Crippen LogP contribution in [0.3, 0.4) is 0 Å². The van der Waals surface area contributed by atoms with Crippen molar-refractivity contribution in [2.75, 3.05) is 30.3 Å². The number of halogens is 1. The Balaban J connectivity index is 1.50. The Labute approximate surface area is 264 Å². The maximum absolute atomic E-state index is 14.3. The number of amides is 2. The van der Waals surface area contributed by atoms with Gasteiger partial charge in [-0.2, -0.15) is 0 Å². The first-order valence-corrected chi connectivity index (χ1v) is 17.2. The molecule has 0 unspecified atom stereocenters. The first-order valence-electron chi connectivity index (χ1n) is 14.9. The van der Waals surface area contributed by atoms with Gasteiger partial charge in [0.2, 0.25) is 21.8 Å². The number of anilines is 1. The highest BCUT2D eigenvalue weighted by molar-refractivity contribution is 7.92. The summed E-state index contributed by atoms with van der Waals surface area (Å²) in [5.41, 5.74) is 1.87. The van der Waals surface area contributed by atoms with Crippen LogP contribution in [0.15, 0.2) is 72.8 Å². The van der Waals surface area contributed by atoms with Crippen LogP contribution in [0.5, 0.6) is 11.5 Å². The average Bonchev–Trinajstić information content (AvgIpc) is 3.01. The number of carbonyl (C=O) groups is 2. The van der Waals surface area contributed by atoms with Crippen molar-refractivity contribution in [3.63, 3.8) is 0 Å². The highest BCUT2D eigenvalue weighted by Gasteiger charge is 2.34. The molecule has 1 heterocycles. The molecular formula is C33H38ClN3O6S. The van der Waals surface area contributed by atoms with Gasteiger partial charge in [-0.25, -0.2) is 8.42 Å². The van der Waals surface area contributed by atoms with Gasteiger partial charge in [-0.05, 0) is 48.2 Å². The fourth-order valence-electron chi connectivity index (χ4n) is 5.73. The van der Waals surface area contributed by atoms with Crippen LogP contribution in [0, 0.1) is 0 Å². The Morgan fingerprint density at radius 1 is 0.909 bits per heavy atom. The Kier molecular flexibility index (Phi) is 10.3. The second-order valence-electron chi connectivity index (χ2n) is 11.3. The van der Waals surface area contributed by atoms with Gasteiger partial charge in [0, 0.05) is 30.1 Å². The molecule has 2 aliphatic rings. The fourth-order valence-corrected chi connectivity index (χ4v) is 6.79. The zero-order valence-electron chi connectivity index (χ0n) is 24.8. The molecule has 3 aromatic rings. The summed E-state index contributed by atoms with van der Waals surface area (Å²) in [7, 11) is -3.91. The standard InChI is InChI=1S/C33H38ClN3O6S/c1-44(40,41)37(28-15-16-30-31(21-28)43-18-17-42-30)23-32(38)36(22-25-11-8-12-26(34)19-25)29(20-24-9-4-2-5-10-24)33(39)35-27-13-6-3-7-14-27/h2,4-5,8-12,15-16,19,21,27,29H,3,6-7,13-14,17-18,20,22-23H2,1H3,(H,35,39)/t29-/m1/s1. The molecule has 1 saturated carbocycles. The molecule has 1 atom stereocenters. The number of hydrogen-bond donors (Lipinski definition) is 1. The molecule has 0 saturated heterocycles. The van der Waals surface area contributed by atoms with Crippen LogP contribution in [-0.2, 0) is 32.6 Å². The molecule has 9 nitrogen and oxygen atoms in total. The van der Waals surface area contributed by atoms with Crippen molar-refractivity contribution in [2.24, 2.45) is 0 Å². The molecule has 1 aliphatic heterocycles. The molecule has 5 rings (SSSR count). The summed E-state index contributed by atoms with van der Waals surface area (Å²) in [6.45, 7) is 0.276. The third kappa shape index (κ3) is 8.24. The SMILES string of the molecule is CS(=O)(=O)N(CC(=O)N(Cc1cccc(Cl)c1)[C@H](Cc1ccccc1)C(=O)NC1CCCCC1)c1ccc2c(c1)OCCO2. The Morgan fingerprint density at radius 2 is 1.61 bits per heavy atom. The molecule has 0 aromatic heterocycles. The lowest BCUT2D eigenvalue weighted by Crippen LogP contribution is -2.55. The molecule has 11 heteroatoms. The highest BCUT2D eigenvalue weighted by Crippen LogP contribution is 2.35. The van der Waals surface area contributed by atoms with Gasteiger partial charge in [-0.1, -0.05) is 73.3 Å². The van der Waals surface area contributed by atoms with Gasteiger partial charge in [0.1, 0.15) is 25.8 Å². The van der Waals surface area contributed by atoms with E-state index < -0.39 is 28.5 Å². The summed E-state index contributed by atoms with van der Waals surface area (Å²) in [5.74, 6) is 0.121. The van der Waals surface area contributed by atoms with E-state index in [4.69, 9.17) is 21.1 Å². The topological polar surface area (TPSA) is 105 Å². The fraction of sp³-hybridized carbons (Fsp3) is 0.394. The van der Waals surface area contributed by atoms with Gasteiger partial charge in [0.15, 0.2) is 11.5 Å². The summed E-state index contributed by atoms with van der Waals surface area (Å²) in [6, 6.07) is 20.5. The van der Waals surface area contributed by atoms with Crippen molar-refractivity contribution in [1.82, 2.24) is 10.2 Å². The van der Waals surface area contributed by atoms with E-state index in [1.54, 1.807) is 36.4 Å². The number of rotatable bonds is 11. The minimum Gasteiger partial charge on any atom is -0.486 e. The molecule has 1 fully saturated rings. The zero-order chi connectivity index (χ0) is 31.1. The van der Waals surface area contributed by atoms with Crippen molar-refractivity contribution < 1.29 is 27.5 Å². The molecule has 2 amide bonds. The van der Waals surface area contributed by atoms with E-state index in [0.717, 1.165) is 53.8 Å². The number of sulfonamides is 1. The van der Waals surface area contributed by atoms with Crippen molar-refractivity contribution in [1.29, 1.82) is 0 Å². The lowest BCUT2D eigenvalue weighted by molar-refractivity contribution is -0.140. The first kappa shape index (κ1) is 31.7. The van der Waals surface area contributed by atoms with Crippen LogP contribution in [0.25, 0.3) is 0 Å². The van der Waals surface area contributed by atoms with Crippen molar-refractivity contribution in [3.8, 4) is 11.5 Å². The molecule has 44 heavy (non-hydrogen) atoms. The van der Waals surface area contributed by atoms with Gasteiger partial charge in [-0.3, -0.25) is 13.9 Å². The van der Waals surface area contributed by atoms with Gasteiger partial charge in [0.25, 0.3) is 0 Å². The van der Waals surface area contributed by atoms with E-state index in [1.165, 1.54) is 4.90 Å². The van der Waals surface area contributed by atoms with E-state index in [2.05, 4.69) is 5.32 Å². The number of carbonyl (C=O) groups excluding carboxylic acids is 2. The number of fused-ring (bicyclic) bond motifs is 1. The van der Waals surface area contributed by atoms with Crippen molar-refractivity contribution >= 4 is 39.1 Å². The van der Waals surface area contributed by atoms with E-state index in [-0.39, 0.29) is 30.6 Å². The molecule has 0 radical (unpaired) electrons. The Hall–Kier alpha value is -3.76. The summed E-state index contributed by atoms with van der Waals surface area (Å²) >= 11 is 6.30. The minimum atomic E-state index is -3.91. The quantitative estimate of drug-likeness (QED) is 0.318. The van der Waals surface area contributed by atoms with Crippen LogP contribution in [0.4, 0.5) is 5.69 Å². The number of ether oxygens (including phenoxy) is 2. The van der Waals surface area contributed by atoms with E-state index in [0.29, 0.717) is 29.7 Å². The lowest BCUT2D eigenvalue weighted by atomic mass is 9.94. The monoisotopic (exact) mass is 639 g/mol. The second kappa shape index (κ2) is 14.3. The molecular weight excluding hydrogens is 602 g/mol. The van der Waals surface area contributed by atoms with Crippen LogP contribution < -0.4 is 19.1 Å². The van der Waals surface area contributed by atoms with E-state index in [9.17, 15) is 18.0 Å². The number of nitrogens with zero attached hydrogens (tertiary/aromatic N) is 2. The van der Waals surface area contributed by atoms with Crippen molar-refractivity contribution in [2.45, 2.75) is 57.2 Å². The zero-order valence-corrected chi connectivity index (χ0v) is 26.4. The summed E-state index contributed by atoms with van der Waals surface area (Å²) < 4.78 is 38.5. The molecule has 1 aliphatic carbocycles. The van der Waals surface area contributed by atoms with Gasteiger partial charge in [0.05, 0.1) is 11.9 Å². The molecule has 1 N–H and O–H groups in total. The highest BCUT2D eigenvalue weighted by atomic mass is 35.5. The third-order valence-electron chi connectivity index (χ3n) is 7.96. The molecule has 3 aromatic carbocycles. The minimum absolute atomic E-state index is 0.0304. The third-order valence-corrected chi connectivity index (χ3v) is 9.33. The van der Waals surface area contributed by atoms with Crippen molar-refractivity contribution in [3.05, 3.63) is 88.9 Å². The van der Waals surface area contributed by atoms with E-state index >= 15 is 0 Å². The number of benzene rings is 3. The van der Waals surface area contributed by atoms with Gasteiger partial charge < -0.3 is 19.7 Å². The smallest absolute Gasteiger partial charge is 0.244 e. The Bertz CT molecular complexity index is 1560. The van der Waals surface area contributed by atoms with E-state index in [1.807, 2.05) is 36.4 Å². The summed E-state index contributed by atoms with van der Waals surface area (Å²) in [4.78, 5) is 29.8. The Morgan fingerprint density at radius 3 is 2.32 bits per heavy atom. The first-order chi connectivity index (χ1) is 21.2. The number of nitrogens with one attached hydrogen (secondary N) is 1. The molecule has 234 valence electrons. The normalized spacial score (nSPS) is 15.7. The van der Waals surface area contributed by atoms with Crippen LogP contribution in [0.2, 0.25) is 5.02 Å². The van der Waals surface area contributed by atoms with Crippen LogP contribution >= 0.6 is 11.6 Å². The molecule has 0 spiro atoms. The molecule has 0 bridgehead atoms. The van der Waals surface area contributed by atoms with Crippen LogP contribution in [-0.4, -0.2) is 63.2 Å². The average molecular weight is 640 g/mol. The maximum Gasteiger partial charge on any atom is 0.244 e. The summed E-state index contributed by atoms with van der Waals surface area (Å²) in [5, 5.41) is 3.70. The summed E-state index contributed by atoms with van der Waals surface area (Å²) in [6.07, 6.45) is 6.30.